The molecule has 1 atom stereocenters. The number of pyridine rings is 1. The van der Waals surface area contributed by atoms with Crippen molar-refractivity contribution in [2.45, 2.75) is 43.0 Å². The molecule has 1 aromatic carbocycles. The normalized spacial score (nSPS) is 20.3. The van der Waals surface area contributed by atoms with Gasteiger partial charge >= 0.3 is 0 Å². The number of nitrogens with zero attached hydrogens (tertiary/aromatic N) is 3. The quantitative estimate of drug-likeness (QED) is 0.584. The fraction of sp³-hybridized carbons (Fsp3) is 0.409. The molecule has 5 rings (SSSR count). The summed E-state index contributed by atoms with van der Waals surface area (Å²) in [6.07, 6.45) is 4.65. The Balaban J connectivity index is 1.57. The van der Waals surface area contributed by atoms with Crippen LogP contribution < -0.4 is 5.32 Å². The van der Waals surface area contributed by atoms with Crippen molar-refractivity contribution < 1.29 is 13.2 Å². The molecule has 2 aliphatic rings. The molecule has 0 unspecified atom stereocenters. The Hall–Kier alpha value is -2.39. The number of fused-ring (bicyclic) bond motifs is 1. The van der Waals surface area contributed by atoms with E-state index in [4.69, 9.17) is 4.98 Å². The minimum Gasteiger partial charge on any atom is -0.322 e. The number of rotatable bonds is 5. The first-order chi connectivity index (χ1) is 14.8. The summed E-state index contributed by atoms with van der Waals surface area (Å²) in [6, 6.07) is 9.38. The van der Waals surface area contributed by atoms with Crippen molar-refractivity contribution in [2.75, 3.05) is 23.1 Å². The molecule has 1 amide bonds. The summed E-state index contributed by atoms with van der Waals surface area (Å²) in [5.41, 5.74) is 3.47. The van der Waals surface area contributed by atoms with Crippen LogP contribution in [0.4, 0.5) is 5.69 Å². The highest BCUT2D eigenvalue weighted by Crippen LogP contribution is 2.41. The predicted octanol–water partition coefficient (Wildman–Crippen LogP) is 3.95. The number of nitrogens with one attached hydrogen (secondary N) is 1. The van der Waals surface area contributed by atoms with E-state index in [0.717, 1.165) is 29.1 Å². The number of hydrogen-bond acceptors (Lipinski definition) is 6. The van der Waals surface area contributed by atoms with Crippen LogP contribution in [0.15, 0.2) is 35.2 Å². The number of amides is 1. The summed E-state index contributed by atoms with van der Waals surface area (Å²) in [6.45, 7) is 1.85. The second-order valence-corrected chi connectivity index (χ2v) is 11.4. The Morgan fingerprint density at radius 1 is 1.19 bits per heavy atom. The Morgan fingerprint density at radius 3 is 2.55 bits per heavy atom. The van der Waals surface area contributed by atoms with Crippen LogP contribution in [0.5, 0.6) is 0 Å². The van der Waals surface area contributed by atoms with Gasteiger partial charge in [-0.15, -0.1) is 11.8 Å². The van der Waals surface area contributed by atoms with E-state index in [-0.39, 0.29) is 23.5 Å². The second kappa shape index (κ2) is 7.63. The van der Waals surface area contributed by atoms with Crippen LogP contribution in [0.25, 0.3) is 11.0 Å². The van der Waals surface area contributed by atoms with Gasteiger partial charge in [0.15, 0.2) is 15.5 Å². The zero-order valence-electron chi connectivity index (χ0n) is 17.5. The third-order valence-corrected chi connectivity index (χ3v) is 8.49. The van der Waals surface area contributed by atoms with Crippen LogP contribution in [0.3, 0.4) is 0 Å². The number of carbonyl (C=O) groups excluding carboxylic acids is 1. The van der Waals surface area contributed by atoms with Crippen molar-refractivity contribution in [3.8, 4) is 0 Å². The topological polar surface area (TPSA) is 93.9 Å². The average Bonchev–Trinajstić information content (AvgIpc) is 3.47. The maximum atomic E-state index is 13.3. The molecule has 1 aliphatic carbocycles. The molecule has 0 spiro atoms. The van der Waals surface area contributed by atoms with E-state index in [9.17, 15) is 13.2 Å². The van der Waals surface area contributed by atoms with Gasteiger partial charge in [-0.3, -0.25) is 4.79 Å². The molecule has 31 heavy (non-hydrogen) atoms. The van der Waals surface area contributed by atoms with Crippen LogP contribution in [0.2, 0.25) is 0 Å². The molecule has 9 heteroatoms. The lowest BCUT2D eigenvalue weighted by Gasteiger charge is -2.12. The minimum absolute atomic E-state index is 0.0713. The number of thioether (sulfide) groups is 1. The smallest absolute Gasteiger partial charge is 0.256 e. The first-order valence-corrected chi connectivity index (χ1v) is 13.4. The maximum absolute atomic E-state index is 13.3. The first kappa shape index (κ1) is 20.5. The van der Waals surface area contributed by atoms with Crippen LogP contribution in [0.1, 0.15) is 53.0 Å². The zero-order chi connectivity index (χ0) is 21.8. The summed E-state index contributed by atoms with van der Waals surface area (Å²) in [4.78, 5) is 19.3. The Labute approximate surface area is 185 Å². The van der Waals surface area contributed by atoms with Crippen molar-refractivity contribution in [2.24, 2.45) is 0 Å². The van der Waals surface area contributed by atoms with Gasteiger partial charge in [-0.25, -0.2) is 18.1 Å². The lowest BCUT2D eigenvalue weighted by Crippen LogP contribution is -2.15. The highest BCUT2D eigenvalue weighted by molar-refractivity contribution is 7.98. The molecule has 1 saturated carbocycles. The molecule has 1 aliphatic heterocycles. The third-order valence-electron chi connectivity index (χ3n) is 6.00. The zero-order valence-corrected chi connectivity index (χ0v) is 19.1. The Kier molecular flexibility index (Phi) is 5.05. The van der Waals surface area contributed by atoms with E-state index in [2.05, 4.69) is 10.4 Å². The number of anilines is 1. The monoisotopic (exact) mass is 456 g/mol. The average molecular weight is 457 g/mol. The molecule has 7 nitrogen and oxygen atoms in total. The molecular formula is C22H24N4O3S2. The van der Waals surface area contributed by atoms with Crippen molar-refractivity contribution in [3.05, 3.63) is 47.3 Å². The van der Waals surface area contributed by atoms with Gasteiger partial charge in [-0.1, -0.05) is 0 Å². The Bertz CT molecular complexity index is 1280. The summed E-state index contributed by atoms with van der Waals surface area (Å²) in [7, 11) is -3.06. The van der Waals surface area contributed by atoms with Crippen LogP contribution in [-0.4, -0.2) is 46.9 Å². The van der Waals surface area contributed by atoms with Crippen molar-refractivity contribution >= 4 is 44.2 Å². The van der Waals surface area contributed by atoms with E-state index in [1.807, 2.05) is 43.5 Å². The molecule has 162 valence electrons. The number of aromatic nitrogens is 3. The third kappa shape index (κ3) is 3.96. The SMILES string of the molecule is CSc1ccc(NC(=O)c2cc(C3CC3)nc3c2c(C)nn3[C@@H]2CCS(=O)(=O)C2)cc1. The van der Waals surface area contributed by atoms with Gasteiger partial charge in [-0.2, -0.15) is 5.10 Å². The summed E-state index contributed by atoms with van der Waals surface area (Å²) >= 11 is 1.65. The van der Waals surface area contributed by atoms with E-state index >= 15 is 0 Å². The van der Waals surface area contributed by atoms with Crippen LogP contribution in [0, 0.1) is 6.92 Å². The van der Waals surface area contributed by atoms with E-state index in [0.29, 0.717) is 34.6 Å². The Morgan fingerprint density at radius 2 is 1.94 bits per heavy atom. The highest BCUT2D eigenvalue weighted by Gasteiger charge is 2.34. The predicted molar refractivity (Wildman–Crippen MR) is 123 cm³/mol. The number of carbonyl (C=O) groups is 1. The molecule has 1 N–H and O–H groups in total. The number of aryl methyl sites for hydroxylation is 1. The van der Waals surface area contributed by atoms with E-state index in [1.165, 1.54) is 0 Å². The molecule has 0 bridgehead atoms. The number of hydrogen-bond donors (Lipinski definition) is 1. The molecule has 1 saturated heterocycles. The number of benzene rings is 1. The van der Waals surface area contributed by atoms with Crippen molar-refractivity contribution in [3.63, 3.8) is 0 Å². The van der Waals surface area contributed by atoms with Gasteiger partial charge in [0.2, 0.25) is 0 Å². The molecule has 3 heterocycles. The first-order valence-electron chi connectivity index (χ1n) is 10.4. The largest absolute Gasteiger partial charge is 0.322 e. The van der Waals surface area contributed by atoms with E-state index < -0.39 is 9.84 Å². The lowest BCUT2D eigenvalue weighted by atomic mass is 10.1. The minimum atomic E-state index is -3.06. The highest BCUT2D eigenvalue weighted by atomic mass is 32.2. The van der Waals surface area contributed by atoms with Gasteiger partial charge in [-0.05, 0) is 62.8 Å². The summed E-state index contributed by atoms with van der Waals surface area (Å²) in [5.74, 6) is 0.391. The fourth-order valence-corrected chi connectivity index (χ4v) is 6.30. The standard InChI is InChI=1S/C22H24N4O3S2/c1-13-20-18(22(27)23-15-5-7-17(30-2)8-6-15)11-19(14-3-4-14)24-21(20)26(25-13)16-9-10-31(28,29)12-16/h5-8,11,14,16H,3-4,9-10,12H2,1-2H3,(H,23,27)/t16-/m1/s1. The van der Waals surface area contributed by atoms with Crippen LogP contribution >= 0.6 is 11.8 Å². The molecular weight excluding hydrogens is 432 g/mol. The lowest BCUT2D eigenvalue weighted by molar-refractivity contribution is 0.102. The molecule has 0 radical (unpaired) electrons. The van der Waals surface area contributed by atoms with Gasteiger partial charge in [0.25, 0.3) is 5.91 Å². The maximum Gasteiger partial charge on any atom is 0.256 e. The van der Waals surface area contributed by atoms with Crippen molar-refractivity contribution in [1.29, 1.82) is 0 Å². The molecule has 2 fully saturated rings. The van der Waals surface area contributed by atoms with Crippen LogP contribution in [-0.2, 0) is 9.84 Å². The fourth-order valence-electron chi connectivity index (χ4n) is 4.20. The van der Waals surface area contributed by atoms with Crippen molar-refractivity contribution in [1.82, 2.24) is 14.8 Å². The van der Waals surface area contributed by atoms with Gasteiger partial charge in [0.1, 0.15) is 0 Å². The van der Waals surface area contributed by atoms with Gasteiger partial charge in [0, 0.05) is 22.2 Å². The van der Waals surface area contributed by atoms with Gasteiger partial charge < -0.3 is 5.32 Å². The number of sulfone groups is 1. The summed E-state index contributed by atoms with van der Waals surface area (Å²) in [5, 5.41) is 8.34. The molecule has 3 aromatic rings. The molecule has 2 aromatic heterocycles. The summed E-state index contributed by atoms with van der Waals surface area (Å²) < 4.78 is 25.8. The van der Waals surface area contributed by atoms with Gasteiger partial charge in [0.05, 0.1) is 34.2 Å². The van der Waals surface area contributed by atoms with E-state index in [1.54, 1.807) is 16.4 Å². The second-order valence-electron chi connectivity index (χ2n) is 8.34.